The van der Waals surface area contributed by atoms with Gasteiger partial charge in [-0.2, -0.15) is 0 Å². The highest BCUT2D eigenvalue weighted by atomic mass is 32.2. The van der Waals surface area contributed by atoms with E-state index < -0.39 is 11.2 Å². The molecule has 4 rings (SSSR count). The third-order valence-corrected chi connectivity index (χ3v) is 8.20. The minimum atomic E-state index is -0.826. The molecule has 4 aliphatic rings. The van der Waals surface area contributed by atoms with Gasteiger partial charge in [-0.15, -0.1) is 0 Å². The topological polar surface area (TPSA) is 86.9 Å². The van der Waals surface area contributed by atoms with Gasteiger partial charge in [0.2, 0.25) is 0 Å². The number of epoxide rings is 2. The molecule has 1 aliphatic carbocycles. The van der Waals surface area contributed by atoms with Crippen molar-refractivity contribution in [3.63, 3.8) is 0 Å². The van der Waals surface area contributed by atoms with Gasteiger partial charge < -0.3 is 23.5 Å². The Labute approximate surface area is 176 Å². The molecule has 3 heterocycles. The Morgan fingerprint density at radius 2 is 2.03 bits per heavy atom. The molecule has 4 fully saturated rings. The molecule has 0 N–H and O–H groups in total. The summed E-state index contributed by atoms with van der Waals surface area (Å²) in [6, 6.07) is 0. The van der Waals surface area contributed by atoms with Crippen LogP contribution in [0.25, 0.3) is 0 Å². The van der Waals surface area contributed by atoms with Crippen LogP contribution in [0.15, 0.2) is 11.6 Å². The van der Waals surface area contributed by atoms with E-state index >= 15 is 0 Å². The van der Waals surface area contributed by atoms with Crippen LogP contribution in [0.3, 0.4) is 0 Å². The number of hydrogen-bond donors (Lipinski definition) is 0. The Kier molecular flexibility index (Phi) is 5.94. The molecule has 3 saturated heterocycles. The van der Waals surface area contributed by atoms with Gasteiger partial charge >= 0.3 is 6.09 Å². The van der Waals surface area contributed by atoms with Crippen LogP contribution < -0.4 is 0 Å². The predicted molar refractivity (Wildman–Crippen MR) is 109 cm³/mol. The van der Waals surface area contributed by atoms with E-state index in [1.54, 1.807) is 12.0 Å². The zero-order valence-electron chi connectivity index (χ0n) is 17.8. The molecule has 164 valence electrons. The van der Waals surface area contributed by atoms with Gasteiger partial charge in [0.1, 0.15) is 34.9 Å². The highest BCUT2D eigenvalue weighted by molar-refractivity contribution is 7.91. The fraction of sp³-hybridized carbons (Fsp3) is 0.857. The Balaban J connectivity index is 1.45. The van der Waals surface area contributed by atoms with Gasteiger partial charge in [-0.3, -0.25) is 4.90 Å². The number of carbonyl (C=O) groups excluding carboxylic acids is 1. The molecule has 1 amide bonds. The molecule has 3 aliphatic heterocycles. The van der Waals surface area contributed by atoms with Crippen molar-refractivity contribution in [2.45, 2.75) is 69.5 Å². The average Bonchev–Trinajstić information content (AvgIpc) is 3.59. The summed E-state index contributed by atoms with van der Waals surface area (Å²) in [6.07, 6.45) is 3.84. The minimum Gasteiger partial charge on any atom is -0.616 e. The van der Waals surface area contributed by atoms with Crippen LogP contribution in [0.5, 0.6) is 0 Å². The molecular weight excluding hydrogens is 394 g/mol. The minimum absolute atomic E-state index is 0.0240. The molecule has 0 radical (unpaired) electrons. The summed E-state index contributed by atoms with van der Waals surface area (Å²) in [6.45, 7) is 8.01. The molecule has 0 aromatic carbocycles. The summed E-state index contributed by atoms with van der Waals surface area (Å²) >= 11 is -0.826. The molecule has 1 saturated carbocycles. The normalized spacial score (nSPS) is 41.9. The first-order chi connectivity index (χ1) is 13.8. The maximum atomic E-state index is 12.7. The number of ether oxygens (including phenoxy) is 4. The zero-order valence-corrected chi connectivity index (χ0v) is 18.7. The Hall–Kier alpha value is -0.800. The number of nitrogens with zero attached hydrogens (tertiary/aromatic N) is 1. The summed E-state index contributed by atoms with van der Waals surface area (Å²) in [5, 5.41) is 0. The molecule has 0 aromatic heterocycles. The lowest BCUT2D eigenvalue weighted by Crippen LogP contribution is -2.56. The summed E-state index contributed by atoms with van der Waals surface area (Å²) in [5.74, 6) is 1.06. The van der Waals surface area contributed by atoms with E-state index in [0.717, 1.165) is 19.3 Å². The molecule has 29 heavy (non-hydrogen) atoms. The van der Waals surface area contributed by atoms with E-state index in [0.29, 0.717) is 31.2 Å². The highest BCUT2D eigenvalue weighted by Crippen LogP contribution is 2.59. The van der Waals surface area contributed by atoms with Crippen LogP contribution in [0, 0.1) is 5.92 Å². The van der Waals surface area contributed by atoms with Crippen molar-refractivity contribution in [2.75, 3.05) is 38.3 Å². The molecule has 1 spiro atoms. The van der Waals surface area contributed by atoms with Gasteiger partial charge in [0, 0.05) is 7.11 Å². The van der Waals surface area contributed by atoms with Crippen LogP contribution in [-0.2, 0) is 30.1 Å². The standard InChI is InChI=1S/C21H33NO6S/c1-14(2)5-6-16-20(3,28-16)18-17(25-4)15(7-8-21(18)13-26-21)27-19(23)22-9-11-29(24)12-10-22/h5,15-18H,6-13H2,1-4H3. The monoisotopic (exact) mass is 427 g/mol. The highest BCUT2D eigenvalue weighted by Gasteiger charge is 2.72. The van der Waals surface area contributed by atoms with Gasteiger partial charge in [-0.05, 0) is 40.0 Å². The van der Waals surface area contributed by atoms with Gasteiger partial charge in [0.25, 0.3) is 0 Å². The van der Waals surface area contributed by atoms with E-state index in [-0.39, 0.29) is 41.5 Å². The Morgan fingerprint density at radius 3 is 2.62 bits per heavy atom. The maximum Gasteiger partial charge on any atom is 0.410 e. The van der Waals surface area contributed by atoms with Crippen molar-refractivity contribution in [1.82, 2.24) is 4.90 Å². The Bertz CT molecular complexity index is 656. The van der Waals surface area contributed by atoms with E-state index in [2.05, 4.69) is 26.8 Å². The third kappa shape index (κ3) is 4.19. The quantitative estimate of drug-likeness (QED) is 0.380. The molecule has 0 aromatic rings. The fourth-order valence-corrected chi connectivity index (χ4v) is 6.15. The second kappa shape index (κ2) is 8.04. The van der Waals surface area contributed by atoms with E-state index in [1.807, 2.05) is 0 Å². The van der Waals surface area contributed by atoms with Crippen LogP contribution in [-0.4, -0.2) is 83.4 Å². The zero-order chi connectivity index (χ0) is 20.8. The first kappa shape index (κ1) is 21.4. The number of rotatable bonds is 5. The summed E-state index contributed by atoms with van der Waals surface area (Å²) in [5.41, 5.74) is 0.720. The second-order valence-electron chi connectivity index (χ2n) is 9.13. The van der Waals surface area contributed by atoms with Crippen molar-refractivity contribution < 1.29 is 28.3 Å². The van der Waals surface area contributed by atoms with Crippen LogP contribution in [0.2, 0.25) is 0 Å². The maximum absolute atomic E-state index is 12.7. The lowest BCUT2D eigenvalue weighted by Gasteiger charge is -2.43. The molecule has 6 atom stereocenters. The SMILES string of the molecule is COC1C(OC(=O)N2CC[S+]([O-])CC2)CCC2(CO2)C1C1(C)OC1CC=C(C)C. The van der Waals surface area contributed by atoms with Crippen molar-refractivity contribution in [1.29, 1.82) is 0 Å². The van der Waals surface area contributed by atoms with Gasteiger partial charge in [0.15, 0.2) is 0 Å². The predicted octanol–water partition coefficient (Wildman–Crippen LogP) is 2.26. The first-order valence-corrected chi connectivity index (χ1v) is 12.1. The molecule has 0 bridgehead atoms. The fourth-order valence-electron chi connectivity index (χ4n) is 5.09. The largest absolute Gasteiger partial charge is 0.616 e. The molecule has 6 unspecified atom stereocenters. The van der Waals surface area contributed by atoms with E-state index in [1.165, 1.54) is 5.57 Å². The summed E-state index contributed by atoms with van der Waals surface area (Å²) in [4.78, 5) is 14.4. The second-order valence-corrected chi connectivity index (χ2v) is 10.8. The number of methoxy groups -OCH3 is 1. The van der Waals surface area contributed by atoms with Gasteiger partial charge in [-0.25, -0.2) is 4.79 Å². The summed E-state index contributed by atoms with van der Waals surface area (Å²) in [7, 11) is 1.68. The third-order valence-electron chi connectivity index (χ3n) is 6.93. The van der Waals surface area contributed by atoms with E-state index in [9.17, 15) is 9.35 Å². The van der Waals surface area contributed by atoms with Crippen LogP contribution >= 0.6 is 0 Å². The van der Waals surface area contributed by atoms with Crippen LogP contribution in [0.4, 0.5) is 4.79 Å². The molecular formula is C21H33NO6S. The number of amides is 1. The van der Waals surface area contributed by atoms with Crippen LogP contribution in [0.1, 0.15) is 40.0 Å². The lowest BCUT2D eigenvalue weighted by molar-refractivity contribution is -0.121. The van der Waals surface area contributed by atoms with Crippen molar-refractivity contribution in [3.05, 3.63) is 11.6 Å². The molecule has 7 nitrogen and oxygen atoms in total. The Morgan fingerprint density at radius 1 is 1.34 bits per heavy atom. The number of hydrogen-bond acceptors (Lipinski definition) is 6. The summed E-state index contributed by atoms with van der Waals surface area (Å²) < 4.78 is 35.5. The number of carbonyl (C=O) groups is 1. The smallest absolute Gasteiger partial charge is 0.410 e. The van der Waals surface area contributed by atoms with Crippen molar-refractivity contribution in [3.8, 4) is 0 Å². The average molecular weight is 428 g/mol. The van der Waals surface area contributed by atoms with Crippen molar-refractivity contribution in [2.24, 2.45) is 5.92 Å². The van der Waals surface area contributed by atoms with Gasteiger partial charge in [-0.1, -0.05) is 22.8 Å². The molecule has 8 heteroatoms. The number of allylic oxidation sites excluding steroid dienone is 1. The van der Waals surface area contributed by atoms with Crippen molar-refractivity contribution >= 4 is 17.3 Å². The first-order valence-electron chi connectivity index (χ1n) is 10.6. The lowest BCUT2D eigenvalue weighted by atomic mass is 9.68. The van der Waals surface area contributed by atoms with E-state index in [4.69, 9.17) is 18.9 Å². The van der Waals surface area contributed by atoms with Gasteiger partial charge in [0.05, 0.1) is 31.7 Å².